The van der Waals surface area contributed by atoms with Crippen LogP contribution in [0.5, 0.6) is 5.75 Å². The first-order valence-electron chi connectivity index (χ1n) is 11.7. The lowest BCUT2D eigenvalue weighted by Crippen LogP contribution is -2.41. The van der Waals surface area contributed by atoms with E-state index in [4.69, 9.17) is 20.8 Å². The van der Waals surface area contributed by atoms with Gasteiger partial charge in [-0.2, -0.15) is 0 Å². The maximum atomic E-state index is 13.2. The van der Waals surface area contributed by atoms with Crippen LogP contribution in [0.3, 0.4) is 0 Å². The second-order valence-corrected chi connectivity index (χ2v) is 9.40. The number of piperidine rings is 1. The molecule has 3 aromatic rings. The number of aromatic hydroxyl groups is 1. The number of likely N-dealkylation sites (N-methyl/N-ethyl adjacent to an activating group) is 2. The van der Waals surface area contributed by atoms with E-state index >= 15 is 0 Å². The minimum atomic E-state index is -0.793. The molecule has 0 aliphatic carbocycles. The topological polar surface area (TPSA) is 115 Å². The first-order valence-corrected chi connectivity index (χ1v) is 12.1. The largest absolute Gasteiger partial charge is 0.507 e. The Morgan fingerprint density at radius 1 is 1.33 bits per heavy atom. The Morgan fingerprint density at radius 2 is 2.08 bits per heavy atom. The van der Waals surface area contributed by atoms with Gasteiger partial charge in [0, 0.05) is 49.3 Å². The summed E-state index contributed by atoms with van der Waals surface area (Å²) < 4.78 is 11.6. The quantitative estimate of drug-likeness (QED) is 0.428. The van der Waals surface area contributed by atoms with Crippen LogP contribution in [0.2, 0.25) is 5.02 Å². The van der Waals surface area contributed by atoms with E-state index < -0.39 is 23.5 Å². The molecule has 1 aliphatic heterocycles. The molecule has 10 heteroatoms. The van der Waals surface area contributed by atoms with E-state index in [-0.39, 0.29) is 29.1 Å². The molecule has 192 valence electrons. The summed E-state index contributed by atoms with van der Waals surface area (Å²) >= 11 is 6.37. The van der Waals surface area contributed by atoms with Crippen LogP contribution in [0, 0.1) is 0 Å². The van der Waals surface area contributed by atoms with Gasteiger partial charge in [0.1, 0.15) is 29.1 Å². The fourth-order valence-electron chi connectivity index (χ4n) is 4.61. The Hall–Kier alpha value is -3.11. The number of rotatable bonds is 6. The number of hydrogen-bond donors (Lipinski definition) is 3. The van der Waals surface area contributed by atoms with Crippen molar-refractivity contribution >= 4 is 34.4 Å². The van der Waals surface area contributed by atoms with Gasteiger partial charge in [0.25, 0.3) is 0 Å². The lowest BCUT2D eigenvalue weighted by Gasteiger charge is -2.36. The number of likely N-dealkylation sites (tertiary alicyclic amines) is 1. The lowest BCUT2D eigenvalue weighted by molar-refractivity contribution is 0.0640. The number of β-amino-alcohol motifs (C(OH)–C–C–N with tert-alkyl or cyclic N) is 1. The predicted octanol–water partition coefficient (Wildman–Crippen LogP) is 3.39. The number of carbonyl (C=O) groups excluding carboxylic acids is 1. The highest BCUT2D eigenvalue weighted by atomic mass is 35.5. The number of anilines is 1. The number of halogens is 1. The summed E-state index contributed by atoms with van der Waals surface area (Å²) in [6, 6.07) is 9.60. The van der Waals surface area contributed by atoms with Crippen molar-refractivity contribution in [3.8, 4) is 17.1 Å². The Labute approximate surface area is 213 Å². The molecule has 2 atom stereocenters. The van der Waals surface area contributed by atoms with Crippen LogP contribution in [-0.2, 0) is 4.74 Å². The summed E-state index contributed by atoms with van der Waals surface area (Å²) in [5.41, 5.74) is 0.914. The third-order valence-corrected chi connectivity index (χ3v) is 6.84. The van der Waals surface area contributed by atoms with Gasteiger partial charge >= 0.3 is 6.09 Å². The average Bonchev–Trinajstić information content (AvgIpc) is 2.84. The molecule has 4 rings (SSSR count). The molecule has 2 aromatic carbocycles. The predicted molar refractivity (Wildman–Crippen MR) is 139 cm³/mol. The number of phenols is 1. The van der Waals surface area contributed by atoms with Gasteiger partial charge in [0.15, 0.2) is 5.43 Å². The van der Waals surface area contributed by atoms with Gasteiger partial charge in [0.05, 0.1) is 16.8 Å². The molecule has 1 fully saturated rings. The van der Waals surface area contributed by atoms with Crippen LogP contribution >= 0.6 is 11.6 Å². The van der Waals surface area contributed by atoms with Gasteiger partial charge < -0.3 is 29.6 Å². The van der Waals surface area contributed by atoms with Gasteiger partial charge in [-0.15, -0.1) is 0 Å². The molecule has 9 nitrogen and oxygen atoms in total. The molecule has 0 spiro atoms. The number of carbonyl (C=O) groups is 1. The van der Waals surface area contributed by atoms with E-state index in [0.717, 1.165) is 0 Å². The van der Waals surface area contributed by atoms with E-state index in [2.05, 4.69) is 5.32 Å². The number of aliphatic hydroxyl groups is 1. The summed E-state index contributed by atoms with van der Waals surface area (Å²) in [6.07, 6.45) is -0.886. The normalized spacial score (nSPS) is 18.4. The minimum Gasteiger partial charge on any atom is -0.507 e. The van der Waals surface area contributed by atoms with Crippen molar-refractivity contribution in [1.82, 2.24) is 10.2 Å². The first-order chi connectivity index (χ1) is 17.2. The molecule has 1 saturated heterocycles. The van der Waals surface area contributed by atoms with Crippen molar-refractivity contribution in [3.05, 3.63) is 57.2 Å². The van der Waals surface area contributed by atoms with Crippen molar-refractivity contribution in [3.63, 3.8) is 0 Å². The molecule has 0 bridgehead atoms. The van der Waals surface area contributed by atoms with Crippen LogP contribution in [0.1, 0.15) is 17.9 Å². The molecule has 0 unspecified atom stereocenters. The second kappa shape index (κ2) is 10.9. The zero-order valence-corrected chi connectivity index (χ0v) is 21.2. The van der Waals surface area contributed by atoms with Crippen LogP contribution < -0.4 is 15.6 Å². The molecule has 0 radical (unpaired) electrons. The number of benzene rings is 2. The highest BCUT2D eigenvalue weighted by Crippen LogP contribution is 2.43. The van der Waals surface area contributed by atoms with E-state index in [9.17, 15) is 19.8 Å². The third-order valence-electron chi connectivity index (χ3n) is 6.51. The summed E-state index contributed by atoms with van der Waals surface area (Å²) in [5.74, 6) is -0.574. The molecule has 0 saturated carbocycles. The van der Waals surface area contributed by atoms with Crippen molar-refractivity contribution in [2.45, 2.75) is 18.4 Å². The summed E-state index contributed by atoms with van der Waals surface area (Å²) in [6.45, 7) is 1.71. The number of nitrogens with zero attached hydrogens (tertiary/aromatic N) is 2. The SMILES string of the molecule is CNCCOC(=O)N(C)c1cc(O)c2c(=O)cc(-c3ccccc3Cl)oc2c1[C@H]1CCN(C)C[C@H]1O. The number of hydrogen-bond acceptors (Lipinski definition) is 8. The molecular weight excluding hydrogens is 486 g/mol. The molecule has 1 amide bonds. The van der Waals surface area contributed by atoms with Gasteiger partial charge in [-0.25, -0.2) is 4.79 Å². The monoisotopic (exact) mass is 515 g/mol. The van der Waals surface area contributed by atoms with Gasteiger partial charge in [-0.1, -0.05) is 23.7 Å². The number of phenolic OH excluding ortho intramolecular Hbond substituents is 1. The standard InChI is InChI=1S/C26H30ClN3O6/c1-28-9-11-35-26(34)30(3)18-12-19(31)24-20(32)13-22(15-6-4-5-7-17(15)27)36-25(24)23(18)16-8-10-29(2)14-21(16)33/h4-7,12-13,16,21,28,31,33H,8-11,14H2,1-3H3/t16-,21+/m0/s1. The number of aliphatic hydroxyl groups excluding tert-OH is 1. The van der Waals surface area contributed by atoms with Gasteiger partial charge in [-0.05, 0) is 39.2 Å². The van der Waals surface area contributed by atoms with Gasteiger partial charge in [-0.3, -0.25) is 9.69 Å². The number of nitrogens with one attached hydrogen (secondary N) is 1. The van der Waals surface area contributed by atoms with E-state index in [1.54, 1.807) is 31.3 Å². The number of ether oxygens (including phenoxy) is 1. The molecule has 2 heterocycles. The Bertz CT molecular complexity index is 1330. The molecule has 36 heavy (non-hydrogen) atoms. The van der Waals surface area contributed by atoms with Crippen LogP contribution in [0.25, 0.3) is 22.3 Å². The Morgan fingerprint density at radius 3 is 2.78 bits per heavy atom. The average molecular weight is 516 g/mol. The van der Waals surface area contributed by atoms with Crippen molar-refractivity contribution < 1.29 is 24.2 Å². The zero-order chi connectivity index (χ0) is 26.0. The maximum Gasteiger partial charge on any atom is 0.414 e. The highest BCUT2D eigenvalue weighted by molar-refractivity contribution is 6.33. The zero-order valence-electron chi connectivity index (χ0n) is 20.5. The van der Waals surface area contributed by atoms with E-state index in [0.29, 0.717) is 47.9 Å². The van der Waals surface area contributed by atoms with E-state index in [1.165, 1.54) is 24.1 Å². The first kappa shape index (κ1) is 26.0. The number of fused-ring (bicyclic) bond motifs is 1. The number of amides is 1. The van der Waals surface area contributed by atoms with Gasteiger partial charge in [0.2, 0.25) is 0 Å². The van der Waals surface area contributed by atoms with Crippen LogP contribution in [-0.4, -0.2) is 74.7 Å². The summed E-state index contributed by atoms with van der Waals surface area (Å²) in [5, 5.41) is 25.2. The maximum absolute atomic E-state index is 13.2. The van der Waals surface area contributed by atoms with Crippen molar-refractivity contribution in [2.24, 2.45) is 0 Å². The minimum absolute atomic E-state index is 0.0207. The van der Waals surface area contributed by atoms with Crippen molar-refractivity contribution in [2.75, 3.05) is 52.3 Å². The Kier molecular flexibility index (Phi) is 7.85. The van der Waals surface area contributed by atoms with E-state index in [1.807, 2.05) is 11.9 Å². The highest BCUT2D eigenvalue weighted by Gasteiger charge is 2.35. The van der Waals surface area contributed by atoms with Crippen molar-refractivity contribution in [1.29, 1.82) is 0 Å². The molecule has 1 aliphatic rings. The lowest BCUT2D eigenvalue weighted by atomic mass is 9.84. The van der Waals surface area contributed by atoms with Crippen LogP contribution in [0.15, 0.2) is 45.6 Å². The molecule has 1 aromatic heterocycles. The summed E-state index contributed by atoms with van der Waals surface area (Å²) in [4.78, 5) is 29.3. The van der Waals surface area contributed by atoms with Crippen LogP contribution in [0.4, 0.5) is 10.5 Å². The smallest absolute Gasteiger partial charge is 0.414 e. The molecule has 3 N–H and O–H groups in total. The second-order valence-electron chi connectivity index (χ2n) is 8.99. The third kappa shape index (κ3) is 5.05. The Balaban J connectivity index is 1.96. The molecular formula is C26H30ClN3O6. The summed E-state index contributed by atoms with van der Waals surface area (Å²) in [7, 11) is 5.18. The fraction of sp³-hybridized carbons (Fsp3) is 0.385. The fourth-order valence-corrected chi connectivity index (χ4v) is 4.84.